The van der Waals surface area contributed by atoms with Crippen LogP contribution in [0.5, 0.6) is 0 Å². The standard InChI is InChI=1S/C16H20N4/c1-3-20(4-2)14-10-11-16(15(17)12-14)19-18-13-8-6-5-7-9-13/h5-12H,3-4,17H2,1-2H3. The first-order chi connectivity index (χ1) is 9.74. The van der Waals surface area contributed by atoms with Gasteiger partial charge < -0.3 is 10.6 Å². The SMILES string of the molecule is CCN(CC)c1ccc(N=Nc2ccccc2)c(N)c1. The molecule has 2 N–H and O–H groups in total. The fourth-order valence-electron chi connectivity index (χ4n) is 2.02. The molecule has 2 aromatic carbocycles. The molecule has 20 heavy (non-hydrogen) atoms. The van der Waals surface area contributed by atoms with Crippen LogP contribution < -0.4 is 10.6 Å². The zero-order valence-electron chi connectivity index (χ0n) is 12.0. The maximum atomic E-state index is 6.05. The van der Waals surface area contributed by atoms with E-state index >= 15 is 0 Å². The molecule has 4 heteroatoms. The highest BCUT2D eigenvalue weighted by Gasteiger charge is 2.05. The number of rotatable bonds is 5. The van der Waals surface area contributed by atoms with Gasteiger partial charge in [0.15, 0.2) is 0 Å². The van der Waals surface area contributed by atoms with Crippen LogP contribution in [0, 0.1) is 0 Å². The number of hydrogen-bond donors (Lipinski definition) is 1. The lowest BCUT2D eigenvalue weighted by atomic mass is 10.2. The van der Waals surface area contributed by atoms with Gasteiger partial charge in [0.2, 0.25) is 0 Å². The highest BCUT2D eigenvalue weighted by atomic mass is 15.1. The molecule has 0 unspecified atom stereocenters. The Bertz CT molecular complexity index is 574. The first-order valence-electron chi connectivity index (χ1n) is 6.85. The van der Waals surface area contributed by atoms with Crippen LogP contribution in [-0.4, -0.2) is 13.1 Å². The van der Waals surface area contributed by atoms with E-state index in [0.717, 1.165) is 24.5 Å². The molecule has 0 bridgehead atoms. The predicted octanol–water partition coefficient (Wildman–Crippen LogP) is 4.53. The van der Waals surface area contributed by atoms with Crippen LogP contribution in [0.15, 0.2) is 58.8 Å². The average molecular weight is 268 g/mol. The molecule has 0 saturated heterocycles. The predicted molar refractivity (Wildman–Crippen MR) is 85.0 cm³/mol. The molecule has 2 rings (SSSR count). The quantitative estimate of drug-likeness (QED) is 0.639. The number of anilines is 2. The van der Waals surface area contributed by atoms with Crippen molar-refractivity contribution in [2.75, 3.05) is 23.7 Å². The second-order valence-electron chi connectivity index (χ2n) is 4.45. The van der Waals surface area contributed by atoms with E-state index in [4.69, 9.17) is 5.73 Å². The fraction of sp³-hybridized carbons (Fsp3) is 0.250. The lowest BCUT2D eigenvalue weighted by Crippen LogP contribution is -2.21. The van der Waals surface area contributed by atoms with Gasteiger partial charge in [-0.15, -0.1) is 5.11 Å². The van der Waals surface area contributed by atoms with Crippen LogP contribution in [0.3, 0.4) is 0 Å². The number of benzene rings is 2. The van der Waals surface area contributed by atoms with E-state index in [0.29, 0.717) is 11.4 Å². The molecule has 0 saturated carbocycles. The summed E-state index contributed by atoms with van der Waals surface area (Å²) in [5, 5.41) is 8.39. The van der Waals surface area contributed by atoms with E-state index in [2.05, 4.69) is 29.0 Å². The van der Waals surface area contributed by atoms with Gasteiger partial charge in [0.1, 0.15) is 5.69 Å². The van der Waals surface area contributed by atoms with Gasteiger partial charge in [0, 0.05) is 18.8 Å². The first-order valence-corrected chi connectivity index (χ1v) is 6.85. The van der Waals surface area contributed by atoms with E-state index in [9.17, 15) is 0 Å². The van der Waals surface area contributed by atoms with Gasteiger partial charge >= 0.3 is 0 Å². The molecule has 0 heterocycles. The third-order valence-electron chi connectivity index (χ3n) is 3.17. The Morgan fingerprint density at radius 2 is 1.65 bits per heavy atom. The van der Waals surface area contributed by atoms with Crippen molar-refractivity contribution in [2.45, 2.75) is 13.8 Å². The molecule has 0 spiro atoms. The number of azo groups is 1. The first kappa shape index (κ1) is 14.1. The van der Waals surface area contributed by atoms with Crippen molar-refractivity contribution in [1.29, 1.82) is 0 Å². The molecule has 0 aliphatic rings. The number of nitrogens with two attached hydrogens (primary N) is 1. The summed E-state index contributed by atoms with van der Waals surface area (Å²) in [6.07, 6.45) is 0. The van der Waals surface area contributed by atoms with Crippen LogP contribution in [0.2, 0.25) is 0 Å². The normalized spacial score (nSPS) is 10.9. The Balaban J connectivity index is 2.20. The molecule has 0 atom stereocenters. The van der Waals surface area contributed by atoms with Crippen molar-refractivity contribution >= 4 is 22.7 Å². The molecule has 0 aliphatic carbocycles. The minimum atomic E-state index is 0.647. The molecular formula is C16H20N4. The van der Waals surface area contributed by atoms with E-state index in [-0.39, 0.29) is 0 Å². The highest BCUT2D eigenvalue weighted by molar-refractivity contribution is 5.69. The minimum absolute atomic E-state index is 0.647. The third kappa shape index (κ3) is 3.35. The van der Waals surface area contributed by atoms with Crippen molar-refractivity contribution in [3.05, 3.63) is 48.5 Å². The largest absolute Gasteiger partial charge is 0.397 e. The summed E-state index contributed by atoms with van der Waals surface area (Å²) in [6.45, 7) is 6.17. The van der Waals surface area contributed by atoms with Gasteiger partial charge in [-0.1, -0.05) is 18.2 Å². The zero-order chi connectivity index (χ0) is 14.4. The fourth-order valence-corrected chi connectivity index (χ4v) is 2.02. The topological polar surface area (TPSA) is 54.0 Å². The number of hydrogen-bond acceptors (Lipinski definition) is 4. The molecule has 0 radical (unpaired) electrons. The van der Waals surface area contributed by atoms with Gasteiger partial charge in [-0.3, -0.25) is 0 Å². The Labute approximate surface area is 119 Å². The van der Waals surface area contributed by atoms with Crippen molar-refractivity contribution < 1.29 is 0 Å². The van der Waals surface area contributed by atoms with Crippen molar-refractivity contribution in [3.8, 4) is 0 Å². The second kappa shape index (κ2) is 6.70. The summed E-state index contributed by atoms with van der Waals surface area (Å²) in [5.74, 6) is 0. The summed E-state index contributed by atoms with van der Waals surface area (Å²) in [4.78, 5) is 2.24. The van der Waals surface area contributed by atoms with Crippen LogP contribution in [0.1, 0.15) is 13.8 Å². The average Bonchev–Trinajstić information content (AvgIpc) is 2.49. The molecule has 2 aromatic rings. The van der Waals surface area contributed by atoms with Crippen molar-refractivity contribution in [2.24, 2.45) is 10.2 Å². The van der Waals surface area contributed by atoms with Crippen molar-refractivity contribution in [3.63, 3.8) is 0 Å². The summed E-state index contributed by atoms with van der Waals surface area (Å²) >= 11 is 0. The van der Waals surface area contributed by atoms with Crippen molar-refractivity contribution in [1.82, 2.24) is 0 Å². The summed E-state index contributed by atoms with van der Waals surface area (Å²) in [7, 11) is 0. The monoisotopic (exact) mass is 268 g/mol. The second-order valence-corrected chi connectivity index (χ2v) is 4.45. The van der Waals surface area contributed by atoms with Crippen LogP contribution >= 0.6 is 0 Å². The molecule has 4 nitrogen and oxygen atoms in total. The smallest absolute Gasteiger partial charge is 0.109 e. The van der Waals surface area contributed by atoms with Crippen LogP contribution in [-0.2, 0) is 0 Å². The van der Waals surface area contributed by atoms with E-state index in [1.807, 2.05) is 48.5 Å². The summed E-state index contributed by atoms with van der Waals surface area (Å²) in [6, 6.07) is 15.5. The Morgan fingerprint density at radius 3 is 2.25 bits per heavy atom. The molecule has 104 valence electrons. The van der Waals surface area contributed by atoms with Gasteiger partial charge in [-0.2, -0.15) is 5.11 Å². The summed E-state index contributed by atoms with van der Waals surface area (Å²) in [5.41, 5.74) is 9.33. The molecule has 0 aliphatic heterocycles. The van der Waals surface area contributed by atoms with E-state index in [1.54, 1.807) is 0 Å². The molecule has 0 fully saturated rings. The summed E-state index contributed by atoms with van der Waals surface area (Å²) < 4.78 is 0. The van der Waals surface area contributed by atoms with Gasteiger partial charge in [-0.05, 0) is 44.2 Å². The maximum absolute atomic E-state index is 6.05. The van der Waals surface area contributed by atoms with Crippen LogP contribution in [0.4, 0.5) is 22.7 Å². The lowest BCUT2D eigenvalue weighted by Gasteiger charge is -2.21. The zero-order valence-corrected chi connectivity index (χ0v) is 12.0. The van der Waals surface area contributed by atoms with E-state index < -0.39 is 0 Å². The van der Waals surface area contributed by atoms with Gasteiger partial charge in [0.05, 0.1) is 11.4 Å². The Kier molecular flexibility index (Phi) is 4.71. The Morgan fingerprint density at radius 1 is 0.950 bits per heavy atom. The van der Waals surface area contributed by atoms with Gasteiger partial charge in [-0.25, -0.2) is 0 Å². The van der Waals surface area contributed by atoms with Crippen LogP contribution in [0.25, 0.3) is 0 Å². The maximum Gasteiger partial charge on any atom is 0.109 e. The highest BCUT2D eigenvalue weighted by Crippen LogP contribution is 2.29. The third-order valence-corrected chi connectivity index (χ3v) is 3.17. The lowest BCUT2D eigenvalue weighted by molar-refractivity contribution is 0.866. The molecular weight excluding hydrogens is 248 g/mol. The number of nitrogens with zero attached hydrogens (tertiary/aromatic N) is 3. The minimum Gasteiger partial charge on any atom is -0.397 e. The Hall–Kier alpha value is -2.36. The number of nitrogen functional groups attached to an aromatic ring is 1. The van der Waals surface area contributed by atoms with Gasteiger partial charge in [0.25, 0.3) is 0 Å². The van der Waals surface area contributed by atoms with E-state index in [1.165, 1.54) is 0 Å². The molecule has 0 amide bonds. The molecule has 0 aromatic heterocycles.